The van der Waals surface area contributed by atoms with Gasteiger partial charge in [0.2, 0.25) is 0 Å². The number of likely N-dealkylation sites (tertiary alicyclic amines) is 1. The van der Waals surface area contributed by atoms with Gasteiger partial charge in [0.25, 0.3) is 5.91 Å². The predicted octanol–water partition coefficient (Wildman–Crippen LogP) is 2.50. The van der Waals surface area contributed by atoms with E-state index in [4.69, 9.17) is 0 Å². The lowest BCUT2D eigenvalue weighted by Crippen LogP contribution is -2.51. The van der Waals surface area contributed by atoms with Crippen molar-refractivity contribution in [3.63, 3.8) is 0 Å². The standard InChI is InChI=1S/C17H21NO3/c1-11-4-3-9-18(15(11)17(20)21)16(19)14-8-7-12-5-2-6-13(12)10-14/h7-8,10-11,15H,2-6,9H2,1H3,(H,20,21). The predicted molar refractivity (Wildman–Crippen MR) is 79.3 cm³/mol. The molecule has 1 aromatic rings. The molecule has 1 saturated heterocycles. The van der Waals surface area contributed by atoms with Gasteiger partial charge in [-0.15, -0.1) is 0 Å². The highest BCUT2D eigenvalue weighted by Gasteiger charge is 2.37. The van der Waals surface area contributed by atoms with Crippen LogP contribution in [0.25, 0.3) is 0 Å². The number of hydrogen-bond donors (Lipinski definition) is 1. The van der Waals surface area contributed by atoms with Crippen LogP contribution in [0.3, 0.4) is 0 Å². The van der Waals surface area contributed by atoms with E-state index in [1.165, 1.54) is 11.1 Å². The average molecular weight is 287 g/mol. The molecule has 0 saturated carbocycles. The second-order valence-electron chi connectivity index (χ2n) is 6.24. The van der Waals surface area contributed by atoms with Crippen LogP contribution in [0.2, 0.25) is 0 Å². The zero-order valence-corrected chi connectivity index (χ0v) is 12.3. The van der Waals surface area contributed by atoms with Crippen LogP contribution in [0.4, 0.5) is 0 Å². The summed E-state index contributed by atoms with van der Waals surface area (Å²) < 4.78 is 0. The molecule has 0 radical (unpaired) electrons. The summed E-state index contributed by atoms with van der Waals surface area (Å²) >= 11 is 0. The highest BCUT2D eigenvalue weighted by molar-refractivity contribution is 5.97. The lowest BCUT2D eigenvalue weighted by atomic mass is 9.90. The highest BCUT2D eigenvalue weighted by atomic mass is 16.4. The number of carbonyl (C=O) groups is 2. The number of carboxylic acid groups (broad SMARTS) is 1. The van der Waals surface area contributed by atoms with Crippen molar-refractivity contribution in [1.29, 1.82) is 0 Å². The Morgan fingerprint density at radius 3 is 2.71 bits per heavy atom. The number of carbonyl (C=O) groups excluding carboxylic acids is 1. The topological polar surface area (TPSA) is 57.6 Å². The fourth-order valence-corrected chi connectivity index (χ4v) is 3.66. The van der Waals surface area contributed by atoms with E-state index in [0.717, 1.165) is 32.1 Å². The molecule has 1 N–H and O–H groups in total. The SMILES string of the molecule is CC1CCCN(C(=O)c2ccc3c(c2)CCC3)C1C(=O)O. The van der Waals surface area contributed by atoms with Crippen molar-refractivity contribution in [1.82, 2.24) is 4.90 Å². The molecule has 1 heterocycles. The Morgan fingerprint density at radius 1 is 1.19 bits per heavy atom. The zero-order chi connectivity index (χ0) is 15.0. The van der Waals surface area contributed by atoms with Crippen molar-refractivity contribution < 1.29 is 14.7 Å². The maximum atomic E-state index is 12.7. The lowest BCUT2D eigenvalue weighted by Gasteiger charge is -2.37. The molecule has 112 valence electrons. The molecular formula is C17H21NO3. The number of carboxylic acids is 1. The summed E-state index contributed by atoms with van der Waals surface area (Å²) in [6.45, 7) is 2.46. The quantitative estimate of drug-likeness (QED) is 0.909. The smallest absolute Gasteiger partial charge is 0.326 e. The normalized spacial score (nSPS) is 24.7. The Balaban J connectivity index is 1.88. The van der Waals surface area contributed by atoms with Gasteiger partial charge < -0.3 is 10.0 Å². The first-order valence-electron chi connectivity index (χ1n) is 7.73. The number of hydrogen-bond acceptors (Lipinski definition) is 2. The van der Waals surface area contributed by atoms with Gasteiger partial charge in [0, 0.05) is 12.1 Å². The van der Waals surface area contributed by atoms with E-state index in [2.05, 4.69) is 0 Å². The van der Waals surface area contributed by atoms with Crippen molar-refractivity contribution >= 4 is 11.9 Å². The van der Waals surface area contributed by atoms with Crippen molar-refractivity contribution in [3.05, 3.63) is 34.9 Å². The molecule has 2 atom stereocenters. The van der Waals surface area contributed by atoms with Crippen LogP contribution < -0.4 is 0 Å². The second-order valence-corrected chi connectivity index (χ2v) is 6.24. The van der Waals surface area contributed by atoms with E-state index in [9.17, 15) is 14.7 Å². The Labute approximate surface area is 124 Å². The number of aryl methyl sites for hydroxylation is 2. The van der Waals surface area contributed by atoms with Gasteiger partial charge in [-0.2, -0.15) is 0 Å². The maximum absolute atomic E-state index is 12.7. The molecular weight excluding hydrogens is 266 g/mol. The summed E-state index contributed by atoms with van der Waals surface area (Å²) in [6.07, 6.45) is 5.00. The van der Waals surface area contributed by atoms with E-state index < -0.39 is 12.0 Å². The fourth-order valence-electron chi connectivity index (χ4n) is 3.66. The van der Waals surface area contributed by atoms with Gasteiger partial charge in [0.05, 0.1) is 0 Å². The molecule has 1 aromatic carbocycles. The van der Waals surface area contributed by atoms with Gasteiger partial charge in [0.15, 0.2) is 0 Å². The van der Waals surface area contributed by atoms with Gasteiger partial charge in [-0.05, 0) is 61.3 Å². The molecule has 1 amide bonds. The fraction of sp³-hybridized carbons (Fsp3) is 0.529. The lowest BCUT2D eigenvalue weighted by molar-refractivity contribution is -0.145. The maximum Gasteiger partial charge on any atom is 0.326 e. The van der Waals surface area contributed by atoms with Crippen LogP contribution >= 0.6 is 0 Å². The first-order valence-corrected chi connectivity index (χ1v) is 7.73. The van der Waals surface area contributed by atoms with Crippen LogP contribution in [0, 0.1) is 5.92 Å². The van der Waals surface area contributed by atoms with Crippen LogP contribution in [-0.2, 0) is 17.6 Å². The van der Waals surface area contributed by atoms with Gasteiger partial charge in [0.1, 0.15) is 6.04 Å². The minimum absolute atomic E-state index is 0.00891. The van der Waals surface area contributed by atoms with E-state index >= 15 is 0 Å². The van der Waals surface area contributed by atoms with Gasteiger partial charge in [-0.25, -0.2) is 4.79 Å². The Kier molecular flexibility index (Phi) is 3.70. The number of amides is 1. The van der Waals surface area contributed by atoms with Gasteiger partial charge in [-0.3, -0.25) is 4.79 Å². The molecule has 0 bridgehead atoms. The molecule has 2 aliphatic rings. The number of benzene rings is 1. The highest BCUT2D eigenvalue weighted by Crippen LogP contribution is 2.27. The molecule has 2 unspecified atom stereocenters. The third-order valence-electron chi connectivity index (χ3n) is 4.79. The number of fused-ring (bicyclic) bond motifs is 1. The van der Waals surface area contributed by atoms with Crippen LogP contribution in [-0.4, -0.2) is 34.5 Å². The van der Waals surface area contributed by atoms with Crippen LogP contribution in [0.5, 0.6) is 0 Å². The van der Waals surface area contributed by atoms with Crippen molar-refractivity contribution in [2.45, 2.75) is 45.1 Å². The Morgan fingerprint density at radius 2 is 1.95 bits per heavy atom. The third kappa shape index (κ3) is 2.55. The second kappa shape index (κ2) is 5.51. The summed E-state index contributed by atoms with van der Waals surface area (Å²) in [5.41, 5.74) is 3.21. The summed E-state index contributed by atoms with van der Waals surface area (Å²) in [5, 5.41) is 9.44. The number of rotatable bonds is 2. The van der Waals surface area contributed by atoms with Crippen LogP contribution in [0.1, 0.15) is 47.7 Å². The Bertz CT molecular complexity index is 581. The molecule has 4 nitrogen and oxygen atoms in total. The minimum atomic E-state index is -0.892. The van der Waals surface area contributed by atoms with Crippen molar-refractivity contribution in [3.8, 4) is 0 Å². The Hall–Kier alpha value is -1.84. The number of piperidine rings is 1. The molecule has 1 aliphatic carbocycles. The molecule has 21 heavy (non-hydrogen) atoms. The van der Waals surface area contributed by atoms with E-state index in [0.29, 0.717) is 12.1 Å². The molecule has 0 aromatic heterocycles. The van der Waals surface area contributed by atoms with E-state index in [-0.39, 0.29) is 11.8 Å². The molecule has 3 rings (SSSR count). The molecule has 0 spiro atoms. The third-order valence-corrected chi connectivity index (χ3v) is 4.79. The largest absolute Gasteiger partial charge is 0.480 e. The first kappa shape index (κ1) is 14.1. The first-order chi connectivity index (χ1) is 10.1. The number of nitrogens with zero attached hydrogens (tertiary/aromatic N) is 1. The van der Waals surface area contributed by atoms with E-state index in [1.54, 1.807) is 4.90 Å². The van der Waals surface area contributed by atoms with Gasteiger partial charge in [-0.1, -0.05) is 13.0 Å². The summed E-state index contributed by atoms with van der Waals surface area (Å²) in [5.74, 6) is -1.02. The molecule has 1 fully saturated rings. The van der Waals surface area contributed by atoms with Gasteiger partial charge >= 0.3 is 5.97 Å². The number of aliphatic carboxylic acids is 1. The van der Waals surface area contributed by atoms with E-state index in [1.807, 2.05) is 25.1 Å². The summed E-state index contributed by atoms with van der Waals surface area (Å²) in [4.78, 5) is 25.8. The minimum Gasteiger partial charge on any atom is -0.480 e. The molecule has 4 heteroatoms. The van der Waals surface area contributed by atoms with Crippen LogP contribution in [0.15, 0.2) is 18.2 Å². The summed E-state index contributed by atoms with van der Waals surface area (Å²) in [6, 6.07) is 5.14. The monoisotopic (exact) mass is 287 g/mol. The average Bonchev–Trinajstić information content (AvgIpc) is 2.93. The van der Waals surface area contributed by atoms with Crippen molar-refractivity contribution in [2.75, 3.05) is 6.54 Å². The molecule has 1 aliphatic heterocycles. The van der Waals surface area contributed by atoms with Crippen molar-refractivity contribution in [2.24, 2.45) is 5.92 Å². The summed E-state index contributed by atoms with van der Waals surface area (Å²) in [7, 11) is 0. The zero-order valence-electron chi connectivity index (χ0n) is 12.3.